The molecule has 100 valence electrons. The average Bonchev–Trinajstić information content (AvgIpc) is 2.28. The SMILES string of the molecule is CC(C)NC1CCCN(c2c(F)cccc2F)C1. The van der Waals surface area contributed by atoms with Crippen molar-refractivity contribution in [2.24, 2.45) is 0 Å². The highest BCUT2D eigenvalue weighted by Gasteiger charge is 2.24. The monoisotopic (exact) mass is 254 g/mol. The summed E-state index contributed by atoms with van der Waals surface area (Å²) in [7, 11) is 0. The summed E-state index contributed by atoms with van der Waals surface area (Å²) in [4.78, 5) is 1.81. The summed E-state index contributed by atoms with van der Waals surface area (Å²) < 4.78 is 27.4. The van der Waals surface area contributed by atoms with Crippen molar-refractivity contribution in [3.8, 4) is 0 Å². The number of hydrogen-bond donors (Lipinski definition) is 1. The number of anilines is 1. The van der Waals surface area contributed by atoms with Crippen molar-refractivity contribution in [2.75, 3.05) is 18.0 Å². The molecule has 2 rings (SSSR count). The largest absolute Gasteiger partial charge is 0.365 e. The van der Waals surface area contributed by atoms with Gasteiger partial charge in [0.05, 0.1) is 0 Å². The van der Waals surface area contributed by atoms with Crippen molar-refractivity contribution in [3.05, 3.63) is 29.8 Å². The minimum absolute atomic E-state index is 0.118. The van der Waals surface area contributed by atoms with Crippen LogP contribution in [0.1, 0.15) is 26.7 Å². The molecule has 4 heteroatoms. The first-order valence-electron chi connectivity index (χ1n) is 6.53. The third kappa shape index (κ3) is 2.99. The number of nitrogens with zero attached hydrogens (tertiary/aromatic N) is 1. The Morgan fingerprint density at radius 1 is 1.28 bits per heavy atom. The van der Waals surface area contributed by atoms with Crippen LogP contribution >= 0.6 is 0 Å². The maximum atomic E-state index is 13.7. The van der Waals surface area contributed by atoms with Gasteiger partial charge in [0, 0.05) is 25.2 Å². The Bertz CT molecular complexity index is 387. The molecule has 1 unspecified atom stereocenters. The fourth-order valence-electron chi connectivity index (χ4n) is 2.58. The molecule has 1 N–H and O–H groups in total. The predicted octanol–water partition coefficient (Wildman–Crippen LogP) is 2.93. The lowest BCUT2D eigenvalue weighted by Crippen LogP contribution is -2.48. The number of piperidine rings is 1. The van der Waals surface area contributed by atoms with E-state index >= 15 is 0 Å². The van der Waals surface area contributed by atoms with Gasteiger partial charge < -0.3 is 10.2 Å². The van der Waals surface area contributed by atoms with Gasteiger partial charge in [-0.25, -0.2) is 8.78 Å². The second-order valence-corrected chi connectivity index (χ2v) is 5.18. The predicted molar refractivity (Wildman–Crippen MR) is 69.9 cm³/mol. The van der Waals surface area contributed by atoms with Gasteiger partial charge in [0.1, 0.15) is 17.3 Å². The summed E-state index contributed by atoms with van der Waals surface area (Å²) in [5.41, 5.74) is 0.118. The van der Waals surface area contributed by atoms with E-state index in [-0.39, 0.29) is 5.69 Å². The molecular formula is C14H20F2N2. The Balaban J connectivity index is 2.13. The third-order valence-electron chi connectivity index (χ3n) is 3.24. The minimum Gasteiger partial charge on any atom is -0.365 e. The maximum absolute atomic E-state index is 13.7. The summed E-state index contributed by atoms with van der Waals surface area (Å²) in [5.74, 6) is -0.944. The van der Waals surface area contributed by atoms with Crippen LogP contribution in [0.3, 0.4) is 0 Å². The lowest BCUT2D eigenvalue weighted by Gasteiger charge is -2.36. The number of rotatable bonds is 3. The minimum atomic E-state index is -0.472. The second kappa shape index (κ2) is 5.65. The van der Waals surface area contributed by atoms with Crippen LogP contribution in [-0.4, -0.2) is 25.2 Å². The molecule has 1 aromatic rings. The molecule has 1 atom stereocenters. The molecule has 0 aliphatic carbocycles. The van der Waals surface area contributed by atoms with Gasteiger partial charge in [0.15, 0.2) is 0 Å². The maximum Gasteiger partial charge on any atom is 0.149 e. The molecule has 1 saturated heterocycles. The van der Waals surface area contributed by atoms with Gasteiger partial charge in [-0.2, -0.15) is 0 Å². The van der Waals surface area contributed by atoms with Crippen LogP contribution in [0.15, 0.2) is 18.2 Å². The molecule has 1 fully saturated rings. The first-order chi connectivity index (χ1) is 8.58. The molecule has 18 heavy (non-hydrogen) atoms. The van der Waals surface area contributed by atoms with E-state index in [0.29, 0.717) is 25.2 Å². The second-order valence-electron chi connectivity index (χ2n) is 5.18. The van der Waals surface area contributed by atoms with Crippen molar-refractivity contribution >= 4 is 5.69 Å². The van der Waals surface area contributed by atoms with Crippen molar-refractivity contribution in [2.45, 2.75) is 38.8 Å². The summed E-state index contributed by atoms with van der Waals surface area (Å²) >= 11 is 0. The van der Waals surface area contributed by atoms with Gasteiger partial charge in [-0.15, -0.1) is 0 Å². The van der Waals surface area contributed by atoms with Crippen molar-refractivity contribution in [3.63, 3.8) is 0 Å². The van der Waals surface area contributed by atoms with Crippen LogP contribution in [0.2, 0.25) is 0 Å². The van der Waals surface area contributed by atoms with E-state index in [4.69, 9.17) is 0 Å². The van der Waals surface area contributed by atoms with Crippen LogP contribution in [0.25, 0.3) is 0 Å². The van der Waals surface area contributed by atoms with E-state index in [1.807, 2.05) is 4.90 Å². The van der Waals surface area contributed by atoms with Crippen LogP contribution in [0, 0.1) is 11.6 Å². The Morgan fingerprint density at radius 2 is 1.94 bits per heavy atom. The Labute approximate surface area is 107 Å². The fraction of sp³-hybridized carbons (Fsp3) is 0.571. The molecule has 0 saturated carbocycles. The molecule has 2 nitrogen and oxygen atoms in total. The third-order valence-corrected chi connectivity index (χ3v) is 3.24. The van der Waals surface area contributed by atoms with Crippen LogP contribution in [-0.2, 0) is 0 Å². The number of hydrogen-bond acceptors (Lipinski definition) is 2. The average molecular weight is 254 g/mol. The molecule has 1 heterocycles. The van der Waals surface area contributed by atoms with Crippen molar-refractivity contribution in [1.29, 1.82) is 0 Å². The zero-order valence-corrected chi connectivity index (χ0v) is 10.9. The van der Waals surface area contributed by atoms with E-state index in [1.165, 1.54) is 18.2 Å². The van der Waals surface area contributed by atoms with Crippen molar-refractivity contribution in [1.82, 2.24) is 5.32 Å². The number of halogens is 2. The first-order valence-corrected chi connectivity index (χ1v) is 6.53. The molecule has 0 aromatic heterocycles. The normalized spacial score (nSPS) is 20.5. The van der Waals surface area contributed by atoms with E-state index in [2.05, 4.69) is 19.2 Å². The Morgan fingerprint density at radius 3 is 2.56 bits per heavy atom. The smallest absolute Gasteiger partial charge is 0.149 e. The summed E-state index contributed by atoms with van der Waals surface area (Å²) in [6.07, 6.45) is 2.02. The highest BCUT2D eigenvalue weighted by Crippen LogP contribution is 2.26. The zero-order chi connectivity index (χ0) is 13.1. The van der Waals surface area contributed by atoms with Crippen LogP contribution in [0.5, 0.6) is 0 Å². The quantitative estimate of drug-likeness (QED) is 0.892. The van der Waals surface area contributed by atoms with Crippen LogP contribution < -0.4 is 10.2 Å². The topological polar surface area (TPSA) is 15.3 Å². The highest BCUT2D eigenvalue weighted by molar-refractivity contribution is 5.49. The molecule has 0 radical (unpaired) electrons. The fourth-order valence-corrected chi connectivity index (χ4v) is 2.58. The summed E-state index contributed by atoms with van der Waals surface area (Å²) in [6, 6.07) is 4.73. The summed E-state index contributed by atoms with van der Waals surface area (Å²) in [6.45, 7) is 5.55. The van der Waals surface area contributed by atoms with Crippen molar-refractivity contribution < 1.29 is 8.78 Å². The van der Waals surface area contributed by atoms with Gasteiger partial charge in [0.25, 0.3) is 0 Å². The lowest BCUT2D eigenvalue weighted by molar-refractivity contribution is 0.390. The summed E-state index contributed by atoms with van der Waals surface area (Å²) in [5, 5.41) is 3.43. The number of nitrogens with one attached hydrogen (secondary N) is 1. The van der Waals surface area contributed by atoms with E-state index in [0.717, 1.165) is 12.8 Å². The number of para-hydroxylation sites is 1. The van der Waals surface area contributed by atoms with Gasteiger partial charge in [-0.05, 0) is 25.0 Å². The van der Waals surface area contributed by atoms with Gasteiger partial charge in [0.2, 0.25) is 0 Å². The van der Waals surface area contributed by atoms with Crippen LogP contribution in [0.4, 0.5) is 14.5 Å². The van der Waals surface area contributed by atoms with E-state index < -0.39 is 11.6 Å². The highest BCUT2D eigenvalue weighted by atomic mass is 19.1. The Hall–Kier alpha value is -1.16. The van der Waals surface area contributed by atoms with E-state index in [9.17, 15) is 8.78 Å². The first kappa shape index (κ1) is 13.3. The molecule has 1 aliphatic rings. The Kier molecular flexibility index (Phi) is 4.17. The lowest BCUT2D eigenvalue weighted by atomic mass is 10.0. The number of benzene rings is 1. The molecule has 0 amide bonds. The molecule has 0 spiro atoms. The zero-order valence-electron chi connectivity index (χ0n) is 10.9. The molecular weight excluding hydrogens is 234 g/mol. The van der Waals surface area contributed by atoms with Gasteiger partial charge in [-0.1, -0.05) is 19.9 Å². The molecule has 1 aliphatic heterocycles. The van der Waals surface area contributed by atoms with E-state index in [1.54, 1.807) is 0 Å². The molecule has 0 bridgehead atoms. The van der Waals surface area contributed by atoms with Gasteiger partial charge in [-0.3, -0.25) is 0 Å². The standard InChI is InChI=1S/C14H20F2N2/c1-10(2)17-11-5-4-8-18(9-11)14-12(15)6-3-7-13(14)16/h3,6-7,10-11,17H,4-5,8-9H2,1-2H3. The molecule has 1 aromatic carbocycles. The van der Waals surface area contributed by atoms with Gasteiger partial charge >= 0.3 is 0 Å².